The minimum absolute atomic E-state index is 0.166. The molecule has 2 rings (SSSR count). The van der Waals surface area contributed by atoms with Crippen LogP contribution in [0.15, 0.2) is 42.5 Å². The summed E-state index contributed by atoms with van der Waals surface area (Å²) < 4.78 is 5.33. The summed E-state index contributed by atoms with van der Waals surface area (Å²) in [5, 5.41) is 5.94. The predicted molar refractivity (Wildman–Crippen MR) is 98.9 cm³/mol. The van der Waals surface area contributed by atoms with Crippen LogP contribution in [0.4, 0.5) is 10.5 Å². The third kappa shape index (κ3) is 4.51. The highest BCUT2D eigenvalue weighted by atomic mass is 16.5. The van der Waals surface area contributed by atoms with Crippen molar-refractivity contribution in [3.63, 3.8) is 0 Å². The number of benzene rings is 2. The second-order valence-electron chi connectivity index (χ2n) is 5.60. The van der Waals surface area contributed by atoms with Crippen LogP contribution < -0.4 is 15.4 Å². The molecular formula is C20H26N2O2. The van der Waals surface area contributed by atoms with Gasteiger partial charge in [-0.05, 0) is 42.0 Å². The highest BCUT2D eigenvalue weighted by molar-refractivity contribution is 5.91. The topological polar surface area (TPSA) is 50.4 Å². The van der Waals surface area contributed by atoms with Crippen molar-refractivity contribution in [3.05, 3.63) is 59.2 Å². The first-order valence-corrected chi connectivity index (χ1v) is 8.47. The van der Waals surface area contributed by atoms with Gasteiger partial charge in [-0.25, -0.2) is 4.79 Å². The maximum Gasteiger partial charge on any atom is 0.319 e. The second-order valence-corrected chi connectivity index (χ2v) is 5.60. The lowest BCUT2D eigenvalue weighted by molar-refractivity contribution is 0.252. The molecule has 4 nitrogen and oxygen atoms in total. The van der Waals surface area contributed by atoms with Crippen molar-refractivity contribution in [2.24, 2.45) is 0 Å². The van der Waals surface area contributed by atoms with Gasteiger partial charge < -0.3 is 15.4 Å². The number of rotatable bonds is 7. The van der Waals surface area contributed by atoms with Gasteiger partial charge in [0.25, 0.3) is 0 Å². The van der Waals surface area contributed by atoms with Crippen molar-refractivity contribution in [3.8, 4) is 5.75 Å². The third-order valence-electron chi connectivity index (χ3n) is 4.11. The van der Waals surface area contributed by atoms with Crippen LogP contribution in [-0.2, 0) is 19.3 Å². The average Bonchev–Trinajstić information content (AvgIpc) is 2.62. The van der Waals surface area contributed by atoms with Crippen LogP contribution in [0, 0.1) is 0 Å². The van der Waals surface area contributed by atoms with Crippen LogP contribution in [0.1, 0.15) is 30.5 Å². The normalized spacial score (nSPS) is 10.3. The lowest BCUT2D eigenvalue weighted by atomic mass is 10.0. The van der Waals surface area contributed by atoms with Gasteiger partial charge in [-0.3, -0.25) is 0 Å². The Labute approximate surface area is 144 Å². The molecule has 0 saturated carbocycles. The zero-order valence-corrected chi connectivity index (χ0v) is 14.7. The molecule has 0 saturated heterocycles. The van der Waals surface area contributed by atoms with Gasteiger partial charge in [0.2, 0.25) is 0 Å². The maximum atomic E-state index is 12.2. The molecule has 4 heteroatoms. The van der Waals surface area contributed by atoms with Gasteiger partial charge in [0, 0.05) is 12.2 Å². The monoisotopic (exact) mass is 326 g/mol. The van der Waals surface area contributed by atoms with E-state index in [0.717, 1.165) is 47.4 Å². The van der Waals surface area contributed by atoms with Gasteiger partial charge in [0.05, 0.1) is 7.11 Å². The molecule has 0 bridgehead atoms. The molecule has 0 heterocycles. The smallest absolute Gasteiger partial charge is 0.319 e. The number of anilines is 1. The summed E-state index contributed by atoms with van der Waals surface area (Å²) in [5.74, 6) is 0.851. The Hall–Kier alpha value is -2.49. The largest absolute Gasteiger partial charge is 0.496 e. The van der Waals surface area contributed by atoms with Gasteiger partial charge in [-0.2, -0.15) is 0 Å². The van der Waals surface area contributed by atoms with E-state index in [2.05, 4.69) is 36.6 Å². The summed E-state index contributed by atoms with van der Waals surface area (Å²) in [5.41, 5.74) is 4.35. The third-order valence-corrected chi connectivity index (χ3v) is 4.11. The first-order valence-electron chi connectivity index (χ1n) is 8.47. The second kappa shape index (κ2) is 8.96. The van der Waals surface area contributed by atoms with E-state index in [0.29, 0.717) is 6.54 Å². The molecule has 2 N–H and O–H groups in total. The Morgan fingerprint density at radius 3 is 2.21 bits per heavy atom. The Bertz CT molecular complexity index is 661. The van der Waals surface area contributed by atoms with Crippen molar-refractivity contribution in [1.82, 2.24) is 5.32 Å². The van der Waals surface area contributed by atoms with Gasteiger partial charge in [-0.1, -0.05) is 50.2 Å². The molecule has 0 fully saturated rings. The maximum absolute atomic E-state index is 12.2. The lowest BCUT2D eigenvalue weighted by Gasteiger charge is -2.15. The molecule has 0 radical (unpaired) electrons. The lowest BCUT2D eigenvalue weighted by Crippen LogP contribution is -2.31. The van der Waals surface area contributed by atoms with Gasteiger partial charge in [-0.15, -0.1) is 0 Å². The van der Waals surface area contributed by atoms with E-state index in [-0.39, 0.29) is 6.03 Å². The van der Waals surface area contributed by atoms with Crippen LogP contribution in [0.3, 0.4) is 0 Å². The van der Waals surface area contributed by atoms with Crippen LogP contribution in [0.2, 0.25) is 0 Å². The van der Waals surface area contributed by atoms with E-state index in [9.17, 15) is 4.79 Å². The van der Waals surface area contributed by atoms with Crippen LogP contribution >= 0.6 is 0 Å². The summed E-state index contributed by atoms with van der Waals surface area (Å²) in [4.78, 5) is 12.2. The number of para-hydroxylation sites is 2. The fourth-order valence-corrected chi connectivity index (χ4v) is 2.78. The SMILES string of the molecule is CCc1cccc(CC)c1NC(=O)NCCc1ccccc1OC. The Kier molecular flexibility index (Phi) is 6.67. The van der Waals surface area contributed by atoms with Crippen molar-refractivity contribution in [1.29, 1.82) is 0 Å². The molecule has 0 spiro atoms. The summed E-state index contributed by atoms with van der Waals surface area (Å²) in [6.07, 6.45) is 2.52. The number of hydrogen-bond acceptors (Lipinski definition) is 2. The van der Waals surface area contributed by atoms with Gasteiger partial charge >= 0.3 is 6.03 Å². The first-order chi connectivity index (χ1) is 11.7. The van der Waals surface area contributed by atoms with Crippen molar-refractivity contribution >= 4 is 11.7 Å². The number of carbonyl (C=O) groups is 1. The zero-order chi connectivity index (χ0) is 17.4. The molecule has 24 heavy (non-hydrogen) atoms. The molecular weight excluding hydrogens is 300 g/mol. The number of ether oxygens (including phenoxy) is 1. The van der Waals surface area contributed by atoms with E-state index in [1.807, 2.05) is 30.3 Å². The number of carbonyl (C=O) groups excluding carboxylic acids is 1. The predicted octanol–water partition coefficient (Wildman–Crippen LogP) is 4.18. The average molecular weight is 326 g/mol. The summed E-state index contributed by atoms with van der Waals surface area (Å²) in [7, 11) is 1.66. The number of urea groups is 1. The number of hydrogen-bond donors (Lipinski definition) is 2. The first kappa shape index (κ1) is 17.9. The van der Waals surface area contributed by atoms with Crippen LogP contribution in [0.25, 0.3) is 0 Å². The summed E-state index contributed by atoms with van der Waals surface area (Å²) in [6, 6.07) is 13.9. The van der Waals surface area contributed by atoms with Crippen molar-refractivity contribution in [2.45, 2.75) is 33.1 Å². The van der Waals surface area contributed by atoms with E-state index in [1.165, 1.54) is 0 Å². The van der Waals surface area contributed by atoms with E-state index >= 15 is 0 Å². The number of amides is 2. The molecule has 0 aliphatic rings. The highest BCUT2D eigenvalue weighted by Crippen LogP contribution is 2.22. The molecule has 0 aliphatic carbocycles. The Morgan fingerprint density at radius 2 is 1.58 bits per heavy atom. The molecule has 128 valence electrons. The molecule has 0 aromatic heterocycles. The van der Waals surface area contributed by atoms with Gasteiger partial charge in [0.1, 0.15) is 5.75 Å². The molecule has 2 aromatic carbocycles. The van der Waals surface area contributed by atoms with Crippen LogP contribution in [-0.4, -0.2) is 19.7 Å². The standard InChI is InChI=1S/C20H26N2O2/c1-4-15-10-8-11-16(5-2)19(15)22-20(23)21-14-13-17-9-6-7-12-18(17)24-3/h6-12H,4-5,13-14H2,1-3H3,(H2,21,22,23). The zero-order valence-electron chi connectivity index (χ0n) is 14.7. The van der Waals surface area contributed by atoms with E-state index in [1.54, 1.807) is 7.11 Å². The number of nitrogens with one attached hydrogen (secondary N) is 2. The van der Waals surface area contributed by atoms with Crippen molar-refractivity contribution < 1.29 is 9.53 Å². The minimum atomic E-state index is -0.166. The molecule has 2 amide bonds. The molecule has 0 unspecified atom stereocenters. The van der Waals surface area contributed by atoms with Gasteiger partial charge in [0.15, 0.2) is 0 Å². The Balaban J connectivity index is 1.95. The molecule has 0 atom stereocenters. The number of methoxy groups -OCH3 is 1. The summed E-state index contributed by atoms with van der Waals surface area (Å²) in [6.45, 7) is 4.75. The number of aryl methyl sites for hydroxylation is 2. The molecule has 2 aromatic rings. The fraction of sp³-hybridized carbons (Fsp3) is 0.350. The van der Waals surface area contributed by atoms with Crippen LogP contribution in [0.5, 0.6) is 5.75 Å². The van der Waals surface area contributed by atoms with Crippen molar-refractivity contribution in [2.75, 3.05) is 19.0 Å². The van der Waals surface area contributed by atoms with E-state index < -0.39 is 0 Å². The quantitative estimate of drug-likeness (QED) is 0.802. The summed E-state index contributed by atoms with van der Waals surface area (Å²) >= 11 is 0. The Morgan fingerprint density at radius 1 is 0.958 bits per heavy atom. The molecule has 0 aliphatic heterocycles. The minimum Gasteiger partial charge on any atom is -0.496 e. The van der Waals surface area contributed by atoms with E-state index in [4.69, 9.17) is 4.74 Å². The fourth-order valence-electron chi connectivity index (χ4n) is 2.78. The highest BCUT2D eigenvalue weighted by Gasteiger charge is 2.10.